The van der Waals surface area contributed by atoms with Crippen LogP contribution < -0.4 is 19.5 Å². The summed E-state index contributed by atoms with van der Waals surface area (Å²) in [5.41, 5.74) is 0.623. The number of para-hydroxylation sites is 1. The lowest BCUT2D eigenvalue weighted by atomic mass is 10.3. The van der Waals surface area contributed by atoms with Gasteiger partial charge in [-0.05, 0) is 24.3 Å². The zero-order valence-corrected chi connectivity index (χ0v) is 15.8. The number of amides is 1. The summed E-state index contributed by atoms with van der Waals surface area (Å²) in [4.78, 5) is 11.1. The molecule has 1 amide bonds. The maximum absolute atomic E-state index is 12.3. The van der Waals surface area contributed by atoms with E-state index in [2.05, 4.69) is 21.9 Å². The highest BCUT2D eigenvalue weighted by Gasteiger charge is 2.17. The van der Waals surface area contributed by atoms with Gasteiger partial charge in [0.2, 0.25) is 15.9 Å². The summed E-state index contributed by atoms with van der Waals surface area (Å²) in [6.07, 6.45) is 0. The molecule has 0 spiro atoms. The zero-order chi connectivity index (χ0) is 19.7. The van der Waals surface area contributed by atoms with Crippen LogP contribution in [-0.2, 0) is 14.8 Å². The zero-order valence-electron chi connectivity index (χ0n) is 15.0. The Labute approximate surface area is 158 Å². The average Bonchev–Trinajstić information content (AvgIpc) is 2.64. The molecule has 142 valence electrons. The number of carbonyl (C=O) groups is 1. The van der Waals surface area contributed by atoms with Gasteiger partial charge in [-0.1, -0.05) is 30.0 Å². The molecule has 2 N–H and O–H groups in total. The van der Waals surface area contributed by atoms with Gasteiger partial charge < -0.3 is 14.8 Å². The standard InChI is InChI=1S/C19H20N2O5S/c1-15(22)21-16-8-7-9-17(14-16)26-13-6-5-12-20-27(23,24)19-11-4-3-10-18(19)25-2/h3-4,7-11,14,20H,12-13H2,1-2H3,(H,21,22). The molecule has 0 radical (unpaired) electrons. The van der Waals surface area contributed by atoms with Crippen molar-refractivity contribution in [3.8, 4) is 23.3 Å². The number of benzene rings is 2. The number of hydrogen-bond acceptors (Lipinski definition) is 5. The van der Waals surface area contributed by atoms with Crippen LogP contribution in [0.1, 0.15) is 6.92 Å². The Hall–Kier alpha value is -3.02. The molecule has 0 aliphatic carbocycles. The number of sulfonamides is 1. The van der Waals surface area contributed by atoms with Gasteiger partial charge in [0, 0.05) is 18.7 Å². The quantitative estimate of drug-likeness (QED) is 0.708. The molecule has 0 saturated carbocycles. The topological polar surface area (TPSA) is 93.7 Å². The molecule has 0 heterocycles. The molecular weight excluding hydrogens is 368 g/mol. The number of methoxy groups -OCH3 is 1. The molecule has 0 unspecified atom stereocenters. The van der Waals surface area contributed by atoms with Gasteiger partial charge in [-0.2, -0.15) is 4.72 Å². The minimum absolute atomic E-state index is 0.0559. The maximum atomic E-state index is 12.3. The van der Waals surface area contributed by atoms with Crippen LogP contribution in [0.2, 0.25) is 0 Å². The Kier molecular flexibility index (Phi) is 7.23. The molecule has 0 aliphatic heterocycles. The van der Waals surface area contributed by atoms with Crippen LogP contribution >= 0.6 is 0 Å². The van der Waals surface area contributed by atoms with Gasteiger partial charge in [-0.3, -0.25) is 4.79 Å². The summed E-state index contributed by atoms with van der Waals surface area (Å²) < 4.78 is 37.4. The van der Waals surface area contributed by atoms with E-state index in [4.69, 9.17) is 9.47 Å². The van der Waals surface area contributed by atoms with Crippen LogP contribution in [0.5, 0.6) is 11.5 Å². The van der Waals surface area contributed by atoms with Crippen LogP contribution in [0, 0.1) is 11.8 Å². The fraction of sp³-hybridized carbons (Fsp3) is 0.211. The lowest BCUT2D eigenvalue weighted by Crippen LogP contribution is -2.24. The van der Waals surface area contributed by atoms with E-state index < -0.39 is 10.0 Å². The summed E-state index contributed by atoms with van der Waals surface area (Å²) in [5.74, 6) is 6.06. The van der Waals surface area contributed by atoms with Gasteiger partial charge in [0.05, 0.1) is 13.7 Å². The first-order valence-electron chi connectivity index (χ1n) is 8.01. The van der Waals surface area contributed by atoms with Gasteiger partial charge in [0.1, 0.15) is 23.0 Å². The number of anilines is 1. The highest BCUT2D eigenvalue weighted by molar-refractivity contribution is 7.89. The number of carbonyl (C=O) groups excluding carboxylic acids is 1. The molecule has 2 rings (SSSR count). The first kappa shape index (κ1) is 20.3. The third-order valence-electron chi connectivity index (χ3n) is 3.30. The van der Waals surface area contributed by atoms with Gasteiger partial charge in [-0.15, -0.1) is 0 Å². The van der Waals surface area contributed by atoms with Crippen LogP contribution in [0.4, 0.5) is 5.69 Å². The predicted octanol–water partition coefficient (Wildman–Crippen LogP) is 2.01. The van der Waals surface area contributed by atoms with Crippen molar-refractivity contribution in [2.75, 3.05) is 25.6 Å². The van der Waals surface area contributed by atoms with Crippen molar-refractivity contribution >= 4 is 21.6 Å². The van der Waals surface area contributed by atoms with Crippen LogP contribution in [0.3, 0.4) is 0 Å². The summed E-state index contributed by atoms with van der Waals surface area (Å²) >= 11 is 0. The molecule has 0 fully saturated rings. The van der Waals surface area contributed by atoms with E-state index in [0.717, 1.165) is 0 Å². The minimum Gasteiger partial charge on any atom is -0.495 e. The third-order valence-corrected chi connectivity index (χ3v) is 4.74. The highest BCUT2D eigenvalue weighted by Crippen LogP contribution is 2.22. The summed E-state index contributed by atoms with van der Waals surface area (Å²) in [6, 6.07) is 13.2. The highest BCUT2D eigenvalue weighted by atomic mass is 32.2. The van der Waals surface area contributed by atoms with Crippen molar-refractivity contribution < 1.29 is 22.7 Å². The average molecular weight is 388 g/mol. The molecule has 0 aliphatic rings. The smallest absolute Gasteiger partial charge is 0.245 e. The van der Waals surface area contributed by atoms with Crippen molar-refractivity contribution in [3.05, 3.63) is 48.5 Å². The van der Waals surface area contributed by atoms with E-state index in [1.54, 1.807) is 42.5 Å². The molecule has 0 saturated heterocycles. The predicted molar refractivity (Wildman–Crippen MR) is 102 cm³/mol. The normalized spacial score (nSPS) is 10.4. The molecule has 27 heavy (non-hydrogen) atoms. The fourth-order valence-electron chi connectivity index (χ4n) is 2.15. The summed E-state index contributed by atoms with van der Waals surface area (Å²) in [6.45, 7) is 1.45. The Morgan fingerprint density at radius 1 is 1.11 bits per heavy atom. The lowest BCUT2D eigenvalue weighted by Gasteiger charge is -2.08. The van der Waals surface area contributed by atoms with Crippen LogP contribution in [0.25, 0.3) is 0 Å². The monoisotopic (exact) mass is 388 g/mol. The van der Waals surface area contributed by atoms with Gasteiger partial charge in [-0.25, -0.2) is 8.42 Å². The minimum atomic E-state index is -3.72. The van der Waals surface area contributed by atoms with E-state index in [0.29, 0.717) is 11.4 Å². The van der Waals surface area contributed by atoms with E-state index in [1.807, 2.05) is 0 Å². The van der Waals surface area contributed by atoms with E-state index in [9.17, 15) is 13.2 Å². The Morgan fingerprint density at radius 2 is 1.89 bits per heavy atom. The SMILES string of the molecule is COc1ccccc1S(=O)(=O)NCC#CCOc1cccc(NC(C)=O)c1. The van der Waals surface area contributed by atoms with Crippen molar-refractivity contribution in [2.24, 2.45) is 0 Å². The first-order valence-corrected chi connectivity index (χ1v) is 9.49. The van der Waals surface area contributed by atoms with Crippen molar-refractivity contribution in [3.63, 3.8) is 0 Å². The van der Waals surface area contributed by atoms with E-state index in [1.165, 1.54) is 20.1 Å². The van der Waals surface area contributed by atoms with E-state index in [-0.39, 0.29) is 29.7 Å². The number of nitrogens with one attached hydrogen (secondary N) is 2. The van der Waals surface area contributed by atoms with Crippen molar-refractivity contribution in [1.29, 1.82) is 0 Å². The Bertz CT molecular complexity index is 961. The molecule has 0 aromatic heterocycles. The molecule has 8 heteroatoms. The second kappa shape index (κ2) is 9.62. The van der Waals surface area contributed by atoms with Crippen LogP contribution in [0.15, 0.2) is 53.4 Å². The second-order valence-electron chi connectivity index (χ2n) is 5.33. The van der Waals surface area contributed by atoms with Gasteiger partial charge in [0.25, 0.3) is 0 Å². The maximum Gasteiger partial charge on any atom is 0.245 e. The summed E-state index contributed by atoms with van der Waals surface area (Å²) in [5, 5.41) is 2.66. The van der Waals surface area contributed by atoms with Crippen LogP contribution in [-0.4, -0.2) is 34.6 Å². The molecule has 0 atom stereocenters. The number of rotatable bonds is 7. The number of hydrogen-bond donors (Lipinski definition) is 2. The number of ether oxygens (including phenoxy) is 2. The van der Waals surface area contributed by atoms with Gasteiger partial charge >= 0.3 is 0 Å². The molecule has 7 nitrogen and oxygen atoms in total. The third kappa shape index (κ3) is 6.33. The first-order chi connectivity index (χ1) is 12.9. The largest absolute Gasteiger partial charge is 0.495 e. The fourth-order valence-corrected chi connectivity index (χ4v) is 3.24. The molecule has 0 bridgehead atoms. The van der Waals surface area contributed by atoms with Gasteiger partial charge in [0.15, 0.2) is 0 Å². The molecular formula is C19H20N2O5S. The Balaban J connectivity index is 1.87. The molecule has 2 aromatic rings. The lowest BCUT2D eigenvalue weighted by molar-refractivity contribution is -0.114. The second-order valence-corrected chi connectivity index (χ2v) is 7.06. The van der Waals surface area contributed by atoms with Crippen molar-refractivity contribution in [1.82, 2.24) is 4.72 Å². The summed E-state index contributed by atoms with van der Waals surface area (Å²) in [7, 11) is -2.31. The Morgan fingerprint density at radius 3 is 2.63 bits per heavy atom. The van der Waals surface area contributed by atoms with Crippen molar-refractivity contribution in [2.45, 2.75) is 11.8 Å². The van der Waals surface area contributed by atoms with E-state index >= 15 is 0 Å². The molecule has 2 aromatic carbocycles.